The molecule has 6 heteroatoms. The van der Waals surface area contributed by atoms with Gasteiger partial charge in [0.05, 0.1) is 25.1 Å². The van der Waals surface area contributed by atoms with E-state index in [0.717, 1.165) is 18.8 Å². The Morgan fingerprint density at radius 3 is 2.93 bits per heavy atom. The summed E-state index contributed by atoms with van der Waals surface area (Å²) in [5.41, 5.74) is 0.631. The molecule has 1 aromatic heterocycles. The fraction of sp³-hybridized carbons (Fsp3) is 0.500. The molecule has 76 valence electrons. The molecule has 2 heterocycles. The Morgan fingerprint density at radius 2 is 2.21 bits per heavy atom. The first-order chi connectivity index (χ1) is 6.79. The molecule has 0 radical (unpaired) electrons. The van der Waals surface area contributed by atoms with Crippen LogP contribution in [0.2, 0.25) is 0 Å². The number of hydrogen-bond acceptors (Lipinski definition) is 4. The molecule has 1 fully saturated rings. The molecule has 1 saturated heterocycles. The number of H-pyrrole nitrogens is 1. The lowest BCUT2D eigenvalue weighted by Gasteiger charge is -2.28. The van der Waals surface area contributed by atoms with E-state index in [0.29, 0.717) is 17.7 Å². The van der Waals surface area contributed by atoms with Crippen LogP contribution in [0.15, 0.2) is 15.5 Å². The van der Waals surface area contributed by atoms with E-state index in [1.54, 1.807) is 6.20 Å². The van der Waals surface area contributed by atoms with Crippen LogP contribution in [0.25, 0.3) is 0 Å². The Labute approximate surface area is 89.2 Å². The Kier molecular flexibility index (Phi) is 2.83. The minimum absolute atomic E-state index is 0.200. The van der Waals surface area contributed by atoms with Crippen LogP contribution >= 0.6 is 15.9 Å². The van der Waals surface area contributed by atoms with Gasteiger partial charge >= 0.3 is 0 Å². The van der Waals surface area contributed by atoms with Gasteiger partial charge < -0.3 is 9.64 Å². The first-order valence-electron chi connectivity index (χ1n) is 4.35. The molecule has 1 N–H and O–H groups in total. The Morgan fingerprint density at radius 1 is 1.50 bits per heavy atom. The molecule has 14 heavy (non-hydrogen) atoms. The molecular weight excluding hydrogens is 250 g/mol. The molecule has 0 aromatic carbocycles. The number of halogens is 1. The molecule has 0 atom stereocenters. The molecule has 1 aromatic rings. The third kappa shape index (κ3) is 1.80. The topological polar surface area (TPSA) is 58.2 Å². The molecule has 0 unspecified atom stereocenters. The highest BCUT2D eigenvalue weighted by atomic mass is 79.9. The predicted molar refractivity (Wildman–Crippen MR) is 55.6 cm³/mol. The van der Waals surface area contributed by atoms with Gasteiger partial charge in [0, 0.05) is 13.1 Å². The van der Waals surface area contributed by atoms with Crippen molar-refractivity contribution in [3.63, 3.8) is 0 Å². The van der Waals surface area contributed by atoms with Crippen LogP contribution in [-0.4, -0.2) is 36.5 Å². The third-order valence-corrected chi connectivity index (χ3v) is 2.90. The second-order valence-corrected chi connectivity index (χ2v) is 3.79. The molecular formula is C8H10BrN3O2. The molecule has 5 nitrogen and oxygen atoms in total. The predicted octanol–water partition coefficient (Wildman–Crippen LogP) is 0.369. The minimum atomic E-state index is -0.200. The van der Waals surface area contributed by atoms with Gasteiger partial charge in [0.25, 0.3) is 5.56 Å². The maximum atomic E-state index is 11.3. The van der Waals surface area contributed by atoms with Crippen molar-refractivity contribution < 1.29 is 4.74 Å². The SMILES string of the molecule is O=c1[nH]ncc(N2CCOCC2)c1Br. The monoisotopic (exact) mass is 259 g/mol. The fourth-order valence-corrected chi connectivity index (χ4v) is 1.84. The number of aromatic nitrogens is 2. The largest absolute Gasteiger partial charge is 0.378 e. The molecule has 0 bridgehead atoms. The lowest BCUT2D eigenvalue weighted by molar-refractivity contribution is 0.122. The van der Waals surface area contributed by atoms with Crippen LogP contribution < -0.4 is 10.5 Å². The summed E-state index contributed by atoms with van der Waals surface area (Å²) in [6.07, 6.45) is 1.65. The van der Waals surface area contributed by atoms with Crippen LogP contribution in [0.1, 0.15) is 0 Å². The summed E-state index contributed by atoms with van der Waals surface area (Å²) in [5.74, 6) is 0. The fourth-order valence-electron chi connectivity index (χ4n) is 1.40. The molecule has 0 spiro atoms. The zero-order valence-corrected chi connectivity index (χ0v) is 9.08. The van der Waals surface area contributed by atoms with Crippen LogP contribution in [0, 0.1) is 0 Å². The van der Waals surface area contributed by atoms with Crippen molar-refractivity contribution in [3.05, 3.63) is 21.0 Å². The van der Waals surface area contributed by atoms with Gasteiger partial charge in [-0.1, -0.05) is 0 Å². The van der Waals surface area contributed by atoms with Crippen molar-refractivity contribution >= 4 is 21.6 Å². The van der Waals surface area contributed by atoms with Crippen molar-refractivity contribution in [2.75, 3.05) is 31.2 Å². The van der Waals surface area contributed by atoms with Crippen molar-refractivity contribution in [2.45, 2.75) is 0 Å². The molecule has 0 saturated carbocycles. The number of morpholine rings is 1. The third-order valence-electron chi connectivity index (χ3n) is 2.13. The van der Waals surface area contributed by atoms with Crippen LogP contribution in [0.3, 0.4) is 0 Å². The number of ether oxygens (including phenoxy) is 1. The van der Waals surface area contributed by atoms with Crippen molar-refractivity contribution in [3.8, 4) is 0 Å². The van der Waals surface area contributed by atoms with Gasteiger partial charge in [0.2, 0.25) is 0 Å². The van der Waals surface area contributed by atoms with E-state index in [9.17, 15) is 4.79 Å². The van der Waals surface area contributed by atoms with Gasteiger partial charge in [-0.15, -0.1) is 0 Å². The van der Waals surface area contributed by atoms with Crippen LogP contribution in [0.5, 0.6) is 0 Å². The van der Waals surface area contributed by atoms with E-state index in [4.69, 9.17) is 4.74 Å². The second kappa shape index (κ2) is 4.10. The van der Waals surface area contributed by atoms with Crippen molar-refractivity contribution in [1.29, 1.82) is 0 Å². The highest BCUT2D eigenvalue weighted by Crippen LogP contribution is 2.21. The highest BCUT2D eigenvalue weighted by molar-refractivity contribution is 9.10. The summed E-state index contributed by atoms with van der Waals surface area (Å²) in [5, 5.41) is 6.14. The summed E-state index contributed by atoms with van der Waals surface area (Å²) in [6.45, 7) is 2.98. The number of rotatable bonds is 1. The van der Waals surface area contributed by atoms with E-state index < -0.39 is 0 Å². The summed E-state index contributed by atoms with van der Waals surface area (Å²) < 4.78 is 5.76. The van der Waals surface area contributed by atoms with Crippen molar-refractivity contribution in [2.24, 2.45) is 0 Å². The standard InChI is InChI=1S/C8H10BrN3O2/c9-7-6(5-10-11-8(7)13)12-1-3-14-4-2-12/h5H,1-4H2,(H,11,13). The smallest absolute Gasteiger partial charge is 0.280 e. The Balaban J connectivity index is 2.30. The Bertz CT molecular complexity index is 373. The maximum absolute atomic E-state index is 11.3. The van der Waals surface area contributed by atoms with E-state index in [1.807, 2.05) is 0 Å². The molecule has 0 amide bonds. The van der Waals surface area contributed by atoms with Crippen molar-refractivity contribution in [1.82, 2.24) is 10.2 Å². The maximum Gasteiger partial charge on any atom is 0.280 e. The lowest BCUT2D eigenvalue weighted by atomic mass is 10.3. The average molecular weight is 260 g/mol. The highest BCUT2D eigenvalue weighted by Gasteiger charge is 2.15. The number of nitrogens with zero attached hydrogens (tertiary/aromatic N) is 2. The average Bonchev–Trinajstić information content (AvgIpc) is 2.23. The number of nitrogens with one attached hydrogen (secondary N) is 1. The van der Waals surface area contributed by atoms with Gasteiger partial charge in [0.15, 0.2) is 0 Å². The summed E-state index contributed by atoms with van der Waals surface area (Å²) in [6, 6.07) is 0. The van der Waals surface area contributed by atoms with Gasteiger partial charge in [-0.05, 0) is 15.9 Å². The number of hydrogen-bond donors (Lipinski definition) is 1. The molecule has 1 aliphatic heterocycles. The van der Waals surface area contributed by atoms with E-state index in [1.165, 1.54) is 0 Å². The minimum Gasteiger partial charge on any atom is -0.378 e. The van der Waals surface area contributed by atoms with Gasteiger partial charge in [-0.3, -0.25) is 4.79 Å². The summed E-state index contributed by atoms with van der Waals surface area (Å²) in [7, 11) is 0. The normalized spacial score (nSPS) is 17.1. The van der Waals surface area contributed by atoms with Gasteiger partial charge in [-0.25, -0.2) is 5.10 Å². The van der Waals surface area contributed by atoms with Crippen LogP contribution in [0.4, 0.5) is 5.69 Å². The first kappa shape index (κ1) is 9.67. The lowest BCUT2D eigenvalue weighted by Crippen LogP contribution is -2.37. The van der Waals surface area contributed by atoms with Gasteiger partial charge in [0.1, 0.15) is 4.47 Å². The Hall–Kier alpha value is -0.880. The number of anilines is 1. The first-order valence-corrected chi connectivity index (χ1v) is 5.14. The molecule has 0 aliphatic carbocycles. The summed E-state index contributed by atoms with van der Waals surface area (Å²) >= 11 is 3.25. The number of aromatic amines is 1. The quantitative estimate of drug-likeness (QED) is 0.792. The van der Waals surface area contributed by atoms with Crippen LogP contribution in [-0.2, 0) is 4.74 Å². The van der Waals surface area contributed by atoms with E-state index in [-0.39, 0.29) is 5.56 Å². The van der Waals surface area contributed by atoms with Gasteiger partial charge in [-0.2, -0.15) is 5.10 Å². The zero-order chi connectivity index (χ0) is 9.97. The van der Waals surface area contributed by atoms with E-state index in [2.05, 4.69) is 31.0 Å². The molecule has 1 aliphatic rings. The van der Waals surface area contributed by atoms with E-state index >= 15 is 0 Å². The molecule has 2 rings (SSSR count). The second-order valence-electron chi connectivity index (χ2n) is 3.00. The summed E-state index contributed by atoms with van der Waals surface area (Å²) in [4.78, 5) is 13.3. The zero-order valence-electron chi connectivity index (χ0n) is 7.49.